The minimum atomic E-state index is -3.24. The molecule has 0 aromatic heterocycles. The lowest BCUT2D eigenvalue weighted by Gasteiger charge is -2.43. The van der Waals surface area contributed by atoms with Crippen LogP contribution in [0.3, 0.4) is 0 Å². The van der Waals surface area contributed by atoms with Gasteiger partial charge in [-0.3, -0.25) is 19.2 Å². The third kappa shape index (κ3) is 11.9. The Morgan fingerprint density at radius 1 is 0.553 bits per heavy atom. The van der Waals surface area contributed by atoms with Crippen LogP contribution in [0.4, 0.5) is 0 Å². The molecular formula is C23H42O10Si5. The minimum absolute atomic E-state index is 0.313. The average molecular weight is 619 g/mol. The molecule has 0 spiro atoms. The van der Waals surface area contributed by atoms with E-state index in [0.29, 0.717) is 11.3 Å². The summed E-state index contributed by atoms with van der Waals surface area (Å²) in [5.41, 5.74) is 0.626. The van der Waals surface area contributed by atoms with Crippen LogP contribution in [0.2, 0.25) is 57.2 Å². The molecule has 0 aliphatic carbocycles. The number of hydrogen-bond donors (Lipinski definition) is 0. The number of rotatable bonds is 13. The highest BCUT2D eigenvalue weighted by molar-refractivity contribution is 6.99. The molecule has 0 aliphatic heterocycles. The molecule has 0 heterocycles. The van der Waals surface area contributed by atoms with E-state index in [0.717, 1.165) is 5.19 Å². The van der Waals surface area contributed by atoms with Crippen LogP contribution in [-0.4, -0.2) is 66.2 Å². The highest BCUT2D eigenvalue weighted by atomic mass is 28.5. The van der Waals surface area contributed by atoms with Crippen LogP contribution in [0.5, 0.6) is 0 Å². The second-order valence-corrected chi connectivity index (χ2v) is 30.4. The Balaban J connectivity index is 3.42. The van der Waals surface area contributed by atoms with Crippen molar-refractivity contribution < 1.29 is 45.1 Å². The fraction of sp³-hybridized carbons (Fsp3) is 0.565. The van der Waals surface area contributed by atoms with Gasteiger partial charge in [-0.25, -0.2) is 0 Å². The fourth-order valence-corrected chi connectivity index (χ4v) is 33.6. The summed E-state index contributed by atoms with van der Waals surface area (Å²) in [5.74, 6) is -2.06. The second-order valence-electron chi connectivity index (χ2n) is 11.0. The first-order chi connectivity index (χ1) is 17.1. The average Bonchev–Trinajstić information content (AvgIpc) is 2.62. The van der Waals surface area contributed by atoms with Crippen molar-refractivity contribution in [3.63, 3.8) is 0 Å². The van der Waals surface area contributed by atoms with Gasteiger partial charge in [-0.1, -0.05) is 30.3 Å². The third-order valence-electron chi connectivity index (χ3n) is 5.17. The lowest BCUT2D eigenvalue weighted by atomic mass is 10.4. The van der Waals surface area contributed by atoms with Gasteiger partial charge in [0.1, 0.15) is 0 Å². The maximum absolute atomic E-state index is 11.8. The molecule has 0 amide bonds. The van der Waals surface area contributed by atoms with Crippen LogP contribution in [0.25, 0.3) is 0 Å². The maximum Gasteiger partial charge on any atom is 0.460 e. The van der Waals surface area contributed by atoms with Gasteiger partial charge in [0.2, 0.25) is 0 Å². The van der Waals surface area contributed by atoms with E-state index in [4.69, 9.17) is 25.9 Å². The van der Waals surface area contributed by atoms with E-state index in [2.05, 4.69) is 0 Å². The highest BCUT2D eigenvalue weighted by Gasteiger charge is 2.53. The molecule has 1 aromatic carbocycles. The Morgan fingerprint density at radius 3 is 1.11 bits per heavy atom. The van der Waals surface area contributed by atoms with Crippen LogP contribution >= 0.6 is 0 Å². The molecule has 0 unspecified atom stereocenters. The van der Waals surface area contributed by atoms with E-state index in [9.17, 15) is 19.2 Å². The molecule has 0 saturated carbocycles. The van der Waals surface area contributed by atoms with Gasteiger partial charge in [-0.2, -0.15) is 0 Å². The Labute approximate surface area is 231 Å². The van der Waals surface area contributed by atoms with Crippen molar-refractivity contribution in [3.8, 4) is 0 Å². The SMILES string of the molecule is CC(=O)O[Si](C)(C[Si](C)(C)O[Si](C)(O[Si](C)(C)C[Si](C)(OC(C)=O)OC(C)=O)c1ccccc1)OC(C)=O. The Hall–Kier alpha value is -1.90. The molecule has 0 atom stereocenters. The molecule has 1 rings (SSSR count). The highest BCUT2D eigenvalue weighted by Crippen LogP contribution is 2.31. The van der Waals surface area contributed by atoms with Crippen LogP contribution in [0, 0.1) is 0 Å². The van der Waals surface area contributed by atoms with Gasteiger partial charge in [0.15, 0.2) is 16.6 Å². The summed E-state index contributed by atoms with van der Waals surface area (Å²) in [4.78, 5) is 47.3. The van der Waals surface area contributed by atoms with E-state index >= 15 is 0 Å². The second kappa shape index (κ2) is 13.0. The Kier molecular flexibility index (Phi) is 11.7. The van der Waals surface area contributed by atoms with Crippen LogP contribution in [0.15, 0.2) is 30.3 Å². The molecule has 0 fully saturated rings. The van der Waals surface area contributed by atoms with Crippen molar-refractivity contribution in [3.05, 3.63) is 30.3 Å². The van der Waals surface area contributed by atoms with Gasteiger partial charge in [0.25, 0.3) is 23.9 Å². The molecule has 0 aliphatic rings. The summed E-state index contributed by atoms with van der Waals surface area (Å²) >= 11 is 0. The van der Waals surface area contributed by atoms with Crippen LogP contribution in [-0.2, 0) is 45.1 Å². The predicted octanol–water partition coefficient (Wildman–Crippen LogP) is 3.88. The predicted molar refractivity (Wildman–Crippen MR) is 155 cm³/mol. The van der Waals surface area contributed by atoms with E-state index < -0.39 is 66.2 Å². The Bertz CT molecular complexity index is 925. The summed E-state index contributed by atoms with van der Waals surface area (Å²) in [6.45, 7) is 18.4. The topological polar surface area (TPSA) is 124 Å². The van der Waals surface area contributed by atoms with Gasteiger partial charge in [0, 0.05) is 52.1 Å². The molecular weight excluding hydrogens is 577 g/mol. The van der Waals surface area contributed by atoms with E-state index in [-0.39, 0.29) is 0 Å². The quantitative estimate of drug-likeness (QED) is 0.301. The fourth-order valence-electron chi connectivity index (χ4n) is 4.96. The Morgan fingerprint density at radius 2 is 0.842 bits per heavy atom. The zero-order chi connectivity index (χ0) is 29.6. The van der Waals surface area contributed by atoms with Crippen LogP contribution < -0.4 is 5.19 Å². The zero-order valence-electron chi connectivity index (χ0n) is 24.4. The minimum Gasteiger partial charge on any atom is -0.485 e. The van der Waals surface area contributed by atoms with Crippen LogP contribution in [0.1, 0.15) is 27.7 Å². The molecule has 214 valence electrons. The lowest BCUT2D eigenvalue weighted by molar-refractivity contribution is -0.140. The molecule has 0 saturated heterocycles. The number of carbonyl (C=O) groups excluding carboxylic acids is 4. The first-order valence-electron chi connectivity index (χ1n) is 12.3. The van der Waals surface area contributed by atoms with E-state index in [1.54, 1.807) is 13.1 Å². The van der Waals surface area contributed by atoms with Crippen molar-refractivity contribution in [1.82, 2.24) is 0 Å². The van der Waals surface area contributed by atoms with E-state index in [1.165, 1.54) is 27.7 Å². The standard InChI is InChI=1S/C23H42O10Si5/c1-19(24)28-36(9,29-20(2)25)17-34(5,6)32-38(11,23-15-13-12-14-16-23)33-35(7,8)18-37(10,30-21(3)26)31-22(4)27/h12-16H,17-18H2,1-11H3. The third-order valence-corrected chi connectivity index (χ3v) is 28.9. The van der Waals surface area contributed by atoms with Crippen molar-refractivity contribution in [2.24, 2.45) is 0 Å². The van der Waals surface area contributed by atoms with Gasteiger partial charge in [-0.15, -0.1) is 0 Å². The molecule has 10 nitrogen and oxygen atoms in total. The number of carbonyl (C=O) groups is 4. The summed E-state index contributed by atoms with van der Waals surface area (Å²) < 4.78 is 36.0. The van der Waals surface area contributed by atoms with Crippen molar-refractivity contribution in [1.29, 1.82) is 0 Å². The molecule has 38 heavy (non-hydrogen) atoms. The summed E-state index contributed by atoms with van der Waals surface area (Å²) in [6.07, 6.45) is 0. The summed E-state index contributed by atoms with van der Waals surface area (Å²) in [5, 5.41) is 0.896. The molecule has 0 N–H and O–H groups in total. The molecule has 0 radical (unpaired) electrons. The summed E-state index contributed by atoms with van der Waals surface area (Å²) in [6, 6.07) is 9.61. The molecule has 1 aromatic rings. The molecule has 15 heteroatoms. The van der Waals surface area contributed by atoms with Gasteiger partial charge in [0.05, 0.1) is 0 Å². The zero-order valence-corrected chi connectivity index (χ0v) is 29.4. The number of hydrogen-bond acceptors (Lipinski definition) is 10. The first-order valence-corrected chi connectivity index (χ1v) is 25.9. The smallest absolute Gasteiger partial charge is 0.460 e. The monoisotopic (exact) mass is 618 g/mol. The largest absolute Gasteiger partial charge is 0.485 e. The van der Waals surface area contributed by atoms with Gasteiger partial charge in [-0.05, 0) is 37.9 Å². The normalized spacial score (nSPS) is 12.9. The maximum atomic E-state index is 11.8. The lowest BCUT2D eigenvalue weighted by Crippen LogP contribution is -2.64. The van der Waals surface area contributed by atoms with Gasteiger partial charge < -0.3 is 25.9 Å². The van der Waals surface area contributed by atoms with Crippen molar-refractivity contribution in [2.45, 2.75) is 84.9 Å². The van der Waals surface area contributed by atoms with Gasteiger partial charge >= 0.3 is 25.7 Å². The van der Waals surface area contributed by atoms with Crippen molar-refractivity contribution in [2.75, 3.05) is 0 Å². The summed E-state index contributed by atoms with van der Waals surface area (Å²) in [7, 11) is -15.0. The van der Waals surface area contributed by atoms with Crippen molar-refractivity contribution >= 4 is 71.4 Å². The first kappa shape index (κ1) is 34.1. The molecule has 0 bridgehead atoms. The van der Waals surface area contributed by atoms with E-state index in [1.807, 2.05) is 63.1 Å². The number of benzene rings is 1.